The van der Waals surface area contributed by atoms with Crippen molar-refractivity contribution >= 4 is 0 Å². The van der Waals surface area contributed by atoms with Gasteiger partial charge in [-0.1, -0.05) is 57.3 Å². The first-order chi connectivity index (χ1) is 6.81. The van der Waals surface area contributed by atoms with Crippen LogP contribution in [0.2, 0.25) is 0 Å². The molecule has 0 bridgehead atoms. The molecule has 0 heterocycles. The van der Waals surface area contributed by atoms with E-state index in [-0.39, 0.29) is 0 Å². The Kier molecular flexibility index (Phi) is 10.1. The molecule has 14 heavy (non-hydrogen) atoms. The highest BCUT2D eigenvalue weighted by Crippen LogP contribution is 2.07. The summed E-state index contributed by atoms with van der Waals surface area (Å²) in [7, 11) is 0. The molecule has 1 nitrogen and oxygen atoms in total. The SMILES string of the molecule is C=CC(O)C=CCCCCCCCC. The van der Waals surface area contributed by atoms with Crippen molar-refractivity contribution in [2.24, 2.45) is 0 Å². The number of allylic oxidation sites excluding steroid dienone is 1. The van der Waals surface area contributed by atoms with Crippen LogP contribution < -0.4 is 0 Å². The number of hydrogen-bond donors (Lipinski definition) is 1. The van der Waals surface area contributed by atoms with Crippen molar-refractivity contribution in [2.45, 2.75) is 58.0 Å². The molecule has 1 N–H and O–H groups in total. The zero-order valence-corrected chi connectivity index (χ0v) is 9.41. The minimum Gasteiger partial charge on any atom is -0.385 e. The third-order valence-corrected chi connectivity index (χ3v) is 2.30. The van der Waals surface area contributed by atoms with Crippen LogP contribution in [0.3, 0.4) is 0 Å². The highest BCUT2D eigenvalue weighted by molar-refractivity contribution is 4.97. The summed E-state index contributed by atoms with van der Waals surface area (Å²) in [4.78, 5) is 0. The van der Waals surface area contributed by atoms with Gasteiger partial charge >= 0.3 is 0 Å². The summed E-state index contributed by atoms with van der Waals surface area (Å²) in [6.07, 6.45) is 14.0. The van der Waals surface area contributed by atoms with Crippen molar-refractivity contribution in [1.29, 1.82) is 0 Å². The van der Waals surface area contributed by atoms with Crippen LogP contribution in [0.4, 0.5) is 0 Å². The Bertz CT molecular complexity index is 149. The van der Waals surface area contributed by atoms with Crippen LogP contribution in [0.1, 0.15) is 51.9 Å². The molecule has 0 spiro atoms. The summed E-state index contributed by atoms with van der Waals surface area (Å²) < 4.78 is 0. The first-order valence-electron chi connectivity index (χ1n) is 5.78. The molecule has 0 saturated heterocycles. The third-order valence-electron chi connectivity index (χ3n) is 2.30. The first-order valence-corrected chi connectivity index (χ1v) is 5.78. The Hall–Kier alpha value is -0.560. The third kappa shape index (κ3) is 9.53. The summed E-state index contributed by atoms with van der Waals surface area (Å²) in [5.41, 5.74) is 0. The maximum absolute atomic E-state index is 9.13. The van der Waals surface area contributed by atoms with Crippen LogP contribution in [0.15, 0.2) is 24.8 Å². The number of rotatable bonds is 9. The predicted octanol–water partition coefficient (Wildman–Crippen LogP) is 3.84. The van der Waals surface area contributed by atoms with Crippen molar-refractivity contribution in [2.75, 3.05) is 0 Å². The molecule has 0 rings (SSSR count). The van der Waals surface area contributed by atoms with E-state index in [0.29, 0.717) is 0 Å². The van der Waals surface area contributed by atoms with Gasteiger partial charge in [0.25, 0.3) is 0 Å². The Morgan fingerprint density at radius 2 is 1.79 bits per heavy atom. The van der Waals surface area contributed by atoms with Crippen molar-refractivity contribution in [3.8, 4) is 0 Å². The second-order valence-electron chi connectivity index (χ2n) is 3.71. The fourth-order valence-electron chi connectivity index (χ4n) is 1.36. The molecule has 0 aliphatic heterocycles. The quantitative estimate of drug-likeness (QED) is 0.439. The molecule has 0 fully saturated rings. The van der Waals surface area contributed by atoms with Crippen LogP contribution in [0.25, 0.3) is 0 Å². The van der Waals surface area contributed by atoms with Gasteiger partial charge in [0.2, 0.25) is 0 Å². The largest absolute Gasteiger partial charge is 0.385 e. The Morgan fingerprint density at radius 1 is 1.14 bits per heavy atom. The highest BCUT2D eigenvalue weighted by atomic mass is 16.3. The highest BCUT2D eigenvalue weighted by Gasteiger charge is 1.90. The fraction of sp³-hybridized carbons (Fsp3) is 0.692. The lowest BCUT2D eigenvalue weighted by Crippen LogP contribution is -1.93. The van der Waals surface area contributed by atoms with E-state index in [4.69, 9.17) is 5.11 Å². The number of unbranched alkanes of at least 4 members (excludes halogenated alkanes) is 6. The lowest BCUT2D eigenvalue weighted by Gasteiger charge is -1.98. The van der Waals surface area contributed by atoms with E-state index in [9.17, 15) is 0 Å². The van der Waals surface area contributed by atoms with E-state index in [0.717, 1.165) is 6.42 Å². The monoisotopic (exact) mass is 196 g/mol. The maximum atomic E-state index is 9.13. The Labute approximate surface area is 88.5 Å². The van der Waals surface area contributed by atoms with Gasteiger partial charge in [0.1, 0.15) is 0 Å². The van der Waals surface area contributed by atoms with Gasteiger partial charge in [-0.15, -0.1) is 6.58 Å². The Balaban J connectivity index is 3.12. The molecule has 0 amide bonds. The molecule has 0 aliphatic rings. The molecule has 1 heteroatoms. The van der Waals surface area contributed by atoms with Crippen LogP contribution in [-0.4, -0.2) is 11.2 Å². The van der Waals surface area contributed by atoms with Gasteiger partial charge in [0.15, 0.2) is 0 Å². The van der Waals surface area contributed by atoms with E-state index in [2.05, 4.69) is 13.5 Å². The Morgan fingerprint density at radius 3 is 2.43 bits per heavy atom. The number of hydrogen-bond acceptors (Lipinski definition) is 1. The lowest BCUT2D eigenvalue weighted by molar-refractivity contribution is 0.271. The number of aliphatic hydroxyl groups excluding tert-OH is 1. The molecule has 0 aromatic heterocycles. The topological polar surface area (TPSA) is 20.2 Å². The number of aliphatic hydroxyl groups is 1. The summed E-state index contributed by atoms with van der Waals surface area (Å²) >= 11 is 0. The maximum Gasteiger partial charge on any atom is 0.0899 e. The second kappa shape index (κ2) is 10.5. The van der Waals surface area contributed by atoms with Crippen LogP contribution in [0.5, 0.6) is 0 Å². The van der Waals surface area contributed by atoms with Gasteiger partial charge in [-0.2, -0.15) is 0 Å². The minimum atomic E-state index is -0.463. The van der Waals surface area contributed by atoms with Crippen molar-refractivity contribution in [3.05, 3.63) is 24.8 Å². The van der Waals surface area contributed by atoms with E-state index in [1.54, 1.807) is 6.08 Å². The minimum absolute atomic E-state index is 0.463. The van der Waals surface area contributed by atoms with Gasteiger partial charge in [-0.25, -0.2) is 0 Å². The smallest absolute Gasteiger partial charge is 0.0899 e. The average molecular weight is 196 g/mol. The zero-order chi connectivity index (χ0) is 10.6. The summed E-state index contributed by atoms with van der Waals surface area (Å²) in [6, 6.07) is 0. The summed E-state index contributed by atoms with van der Waals surface area (Å²) in [5, 5.41) is 9.13. The van der Waals surface area contributed by atoms with Gasteiger partial charge in [0.05, 0.1) is 6.10 Å². The van der Waals surface area contributed by atoms with Crippen molar-refractivity contribution in [1.82, 2.24) is 0 Å². The molecular weight excluding hydrogens is 172 g/mol. The van der Waals surface area contributed by atoms with Crippen molar-refractivity contribution in [3.63, 3.8) is 0 Å². The first kappa shape index (κ1) is 13.4. The van der Waals surface area contributed by atoms with Crippen LogP contribution >= 0.6 is 0 Å². The van der Waals surface area contributed by atoms with Gasteiger partial charge in [0, 0.05) is 0 Å². The van der Waals surface area contributed by atoms with E-state index in [1.165, 1.54) is 44.6 Å². The average Bonchev–Trinajstić information content (AvgIpc) is 2.21. The molecule has 82 valence electrons. The standard InChI is InChI=1S/C13H24O/c1-3-5-6-7-8-9-10-11-12-13(14)4-2/h4,11-14H,2-3,5-10H2,1H3. The van der Waals surface area contributed by atoms with Crippen LogP contribution in [-0.2, 0) is 0 Å². The molecule has 0 aliphatic carbocycles. The molecule has 0 aromatic carbocycles. The molecular formula is C13H24O. The zero-order valence-electron chi connectivity index (χ0n) is 9.41. The van der Waals surface area contributed by atoms with E-state index >= 15 is 0 Å². The summed E-state index contributed by atoms with van der Waals surface area (Å²) in [5.74, 6) is 0. The molecule has 0 saturated carbocycles. The van der Waals surface area contributed by atoms with Gasteiger partial charge in [-0.3, -0.25) is 0 Å². The van der Waals surface area contributed by atoms with Crippen molar-refractivity contribution < 1.29 is 5.11 Å². The second-order valence-corrected chi connectivity index (χ2v) is 3.71. The van der Waals surface area contributed by atoms with Crippen LogP contribution in [0, 0.1) is 0 Å². The van der Waals surface area contributed by atoms with Gasteiger partial charge in [-0.05, 0) is 12.8 Å². The fourth-order valence-corrected chi connectivity index (χ4v) is 1.36. The summed E-state index contributed by atoms with van der Waals surface area (Å²) in [6.45, 7) is 5.74. The van der Waals surface area contributed by atoms with E-state index in [1.807, 2.05) is 6.08 Å². The lowest BCUT2D eigenvalue weighted by atomic mass is 10.1. The van der Waals surface area contributed by atoms with E-state index < -0.39 is 6.10 Å². The predicted molar refractivity (Wildman–Crippen MR) is 63.3 cm³/mol. The molecule has 1 atom stereocenters. The normalized spacial score (nSPS) is 13.3. The molecule has 1 unspecified atom stereocenters. The molecule has 0 aromatic rings. The van der Waals surface area contributed by atoms with Gasteiger partial charge < -0.3 is 5.11 Å². The molecule has 0 radical (unpaired) electrons.